The highest BCUT2D eigenvalue weighted by Gasteiger charge is 2.06. The molecule has 0 spiro atoms. The van der Waals surface area contributed by atoms with Crippen LogP contribution in [0.3, 0.4) is 0 Å². The first kappa shape index (κ1) is 11.9. The minimum absolute atomic E-state index is 0.682. The molecule has 3 rings (SSSR count). The van der Waals surface area contributed by atoms with Crippen LogP contribution in [0.2, 0.25) is 0 Å². The van der Waals surface area contributed by atoms with E-state index in [9.17, 15) is 0 Å². The zero-order chi connectivity index (χ0) is 13.1. The molecule has 0 radical (unpaired) electrons. The third-order valence-corrected chi connectivity index (χ3v) is 3.66. The zero-order valence-electron chi connectivity index (χ0n) is 10.5. The minimum Gasteiger partial charge on any atom is -0.496 e. The molecule has 0 fully saturated rings. The Morgan fingerprint density at radius 2 is 2.11 bits per heavy atom. The molecule has 4 nitrogen and oxygen atoms in total. The zero-order valence-corrected chi connectivity index (χ0v) is 11.3. The molecule has 19 heavy (non-hydrogen) atoms. The summed E-state index contributed by atoms with van der Waals surface area (Å²) in [5, 5.41) is 8.45. The molecule has 0 bridgehead atoms. The van der Waals surface area contributed by atoms with Gasteiger partial charge in [-0.3, -0.25) is 0 Å². The first-order chi connectivity index (χ1) is 9.38. The fraction of sp³-hybridized carbons (Fsp3) is 0.143. The topological polar surface area (TPSA) is 47.0 Å². The van der Waals surface area contributed by atoms with Gasteiger partial charge in [-0.15, -0.1) is 11.3 Å². The number of ether oxygens (including phenoxy) is 1. The van der Waals surface area contributed by atoms with Crippen molar-refractivity contribution in [3.05, 3.63) is 47.0 Å². The van der Waals surface area contributed by atoms with Gasteiger partial charge in [0.1, 0.15) is 16.6 Å². The molecule has 0 amide bonds. The number of benzene rings is 1. The smallest absolute Gasteiger partial charge is 0.134 e. The maximum absolute atomic E-state index is 5.37. The van der Waals surface area contributed by atoms with E-state index in [2.05, 4.69) is 15.3 Å². The van der Waals surface area contributed by atoms with Crippen LogP contribution in [0.1, 0.15) is 5.01 Å². The Kier molecular flexibility index (Phi) is 3.29. The standard InChI is InChI=1S/C14H13N3OS/c1-18-12-4-2-3-11-10(12)5-6-16-14(11)17-9-13-15-7-8-19-13/h2-8H,9H2,1H3,(H,16,17). The van der Waals surface area contributed by atoms with Gasteiger partial charge in [0.25, 0.3) is 0 Å². The average Bonchev–Trinajstić information content (AvgIpc) is 2.97. The van der Waals surface area contributed by atoms with E-state index in [1.807, 2.05) is 29.6 Å². The molecule has 3 aromatic rings. The second-order valence-electron chi connectivity index (χ2n) is 3.99. The first-order valence-electron chi connectivity index (χ1n) is 5.92. The molecule has 0 atom stereocenters. The first-order valence-corrected chi connectivity index (χ1v) is 6.80. The van der Waals surface area contributed by atoms with Crippen LogP contribution < -0.4 is 10.1 Å². The predicted molar refractivity (Wildman–Crippen MR) is 77.7 cm³/mol. The van der Waals surface area contributed by atoms with E-state index in [0.29, 0.717) is 6.54 Å². The molecule has 0 unspecified atom stereocenters. The van der Waals surface area contributed by atoms with E-state index in [1.54, 1.807) is 30.8 Å². The van der Waals surface area contributed by atoms with Crippen molar-refractivity contribution >= 4 is 27.9 Å². The van der Waals surface area contributed by atoms with Crippen molar-refractivity contribution in [3.8, 4) is 5.75 Å². The maximum atomic E-state index is 5.37. The Bertz CT molecular complexity index is 682. The van der Waals surface area contributed by atoms with Crippen LogP contribution in [0, 0.1) is 0 Å². The van der Waals surface area contributed by atoms with Crippen LogP contribution in [0.25, 0.3) is 10.8 Å². The Morgan fingerprint density at radius 1 is 1.16 bits per heavy atom. The van der Waals surface area contributed by atoms with Gasteiger partial charge in [-0.2, -0.15) is 0 Å². The van der Waals surface area contributed by atoms with Gasteiger partial charge in [0, 0.05) is 28.5 Å². The molecule has 1 aromatic carbocycles. The molecular formula is C14H13N3OS. The number of methoxy groups -OCH3 is 1. The highest BCUT2D eigenvalue weighted by molar-refractivity contribution is 7.09. The summed E-state index contributed by atoms with van der Waals surface area (Å²) >= 11 is 1.63. The van der Waals surface area contributed by atoms with E-state index >= 15 is 0 Å². The van der Waals surface area contributed by atoms with Crippen molar-refractivity contribution in [2.75, 3.05) is 12.4 Å². The van der Waals surface area contributed by atoms with E-state index in [-0.39, 0.29) is 0 Å². The van der Waals surface area contributed by atoms with Crippen molar-refractivity contribution < 1.29 is 4.74 Å². The molecule has 2 heterocycles. The molecule has 0 aliphatic carbocycles. The lowest BCUT2D eigenvalue weighted by atomic mass is 10.1. The number of nitrogens with one attached hydrogen (secondary N) is 1. The van der Waals surface area contributed by atoms with Crippen LogP contribution in [0.4, 0.5) is 5.82 Å². The fourth-order valence-corrected chi connectivity index (χ4v) is 2.55. The molecule has 0 aliphatic heterocycles. The van der Waals surface area contributed by atoms with Crippen LogP contribution in [0.5, 0.6) is 5.75 Å². The number of hydrogen-bond donors (Lipinski definition) is 1. The molecule has 1 N–H and O–H groups in total. The second-order valence-corrected chi connectivity index (χ2v) is 4.97. The van der Waals surface area contributed by atoms with E-state index in [0.717, 1.165) is 27.3 Å². The van der Waals surface area contributed by atoms with Crippen molar-refractivity contribution in [3.63, 3.8) is 0 Å². The Labute approximate surface area is 115 Å². The van der Waals surface area contributed by atoms with Crippen LogP contribution >= 0.6 is 11.3 Å². The fourth-order valence-electron chi connectivity index (χ4n) is 2.00. The molecule has 2 aromatic heterocycles. The van der Waals surface area contributed by atoms with Crippen molar-refractivity contribution in [1.29, 1.82) is 0 Å². The molecule has 0 saturated carbocycles. The summed E-state index contributed by atoms with van der Waals surface area (Å²) in [6.45, 7) is 0.682. The van der Waals surface area contributed by atoms with Gasteiger partial charge in [0.05, 0.1) is 13.7 Å². The maximum Gasteiger partial charge on any atom is 0.134 e. The van der Waals surface area contributed by atoms with Crippen molar-refractivity contribution in [2.45, 2.75) is 6.54 Å². The molecule has 0 saturated heterocycles. The number of rotatable bonds is 4. The van der Waals surface area contributed by atoms with Gasteiger partial charge < -0.3 is 10.1 Å². The highest BCUT2D eigenvalue weighted by atomic mass is 32.1. The van der Waals surface area contributed by atoms with Gasteiger partial charge in [0.2, 0.25) is 0 Å². The van der Waals surface area contributed by atoms with E-state index in [1.165, 1.54) is 0 Å². The molecule has 96 valence electrons. The predicted octanol–water partition coefficient (Wildman–Crippen LogP) is 3.31. The SMILES string of the molecule is COc1cccc2c(NCc3nccs3)nccc12. The number of nitrogens with zero attached hydrogens (tertiary/aromatic N) is 2. The molecular weight excluding hydrogens is 258 g/mol. The molecule has 5 heteroatoms. The van der Waals surface area contributed by atoms with Crippen LogP contribution in [-0.4, -0.2) is 17.1 Å². The Balaban J connectivity index is 1.95. The van der Waals surface area contributed by atoms with Gasteiger partial charge in [-0.1, -0.05) is 12.1 Å². The quantitative estimate of drug-likeness (QED) is 0.790. The summed E-state index contributed by atoms with van der Waals surface area (Å²) < 4.78 is 5.37. The van der Waals surface area contributed by atoms with Gasteiger partial charge in [-0.05, 0) is 12.1 Å². The number of aromatic nitrogens is 2. The Hall–Kier alpha value is -2.14. The van der Waals surface area contributed by atoms with Crippen molar-refractivity contribution in [2.24, 2.45) is 0 Å². The van der Waals surface area contributed by atoms with E-state index in [4.69, 9.17) is 4.74 Å². The van der Waals surface area contributed by atoms with E-state index < -0.39 is 0 Å². The minimum atomic E-state index is 0.682. The van der Waals surface area contributed by atoms with Crippen LogP contribution in [0.15, 0.2) is 42.0 Å². The molecule has 0 aliphatic rings. The largest absolute Gasteiger partial charge is 0.496 e. The summed E-state index contributed by atoms with van der Waals surface area (Å²) in [7, 11) is 1.68. The number of anilines is 1. The summed E-state index contributed by atoms with van der Waals surface area (Å²) in [5.74, 6) is 1.71. The van der Waals surface area contributed by atoms with Gasteiger partial charge in [0.15, 0.2) is 0 Å². The average molecular weight is 271 g/mol. The second kappa shape index (κ2) is 5.24. The third-order valence-electron chi connectivity index (χ3n) is 2.88. The number of hydrogen-bond acceptors (Lipinski definition) is 5. The summed E-state index contributed by atoms with van der Waals surface area (Å²) in [4.78, 5) is 8.64. The van der Waals surface area contributed by atoms with Crippen LogP contribution in [-0.2, 0) is 6.54 Å². The normalized spacial score (nSPS) is 10.6. The summed E-state index contributed by atoms with van der Waals surface area (Å²) in [6.07, 6.45) is 3.59. The third kappa shape index (κ3) is 2.37. The summed E-state index contributed by atoms with van der Waals surface area (Å²) in [6, 6.07) is 7.92. The van der Waals surface area contributed by atoms with Gasteiger partial charge in [-0.25, -0.2) is 9.97 Å². The summed E-state index contributed by atoms with van der Waals surface area (Å²) in [5.41, 5.74) is 0. The lowest BCUT2D eigenvalue weighted by Crippen LogP contribution is -2.01. The lowest BCUT2D eigenvalue weighted by Gasteiger charge is -2.09. The number of thiazole rings is 1. The Morgan fingerprint density at radius 3 is 2.89 bits per heavy atom. The van der Waals surface area contributed by atoms with Crippen molar-refractivity contribution in [1.82, 2.24) is 9.97 Å². The number of pyridine rings is 1. The number of fused-ring (bicyclic) bond motifs is 1. The monoisotopic (exact) mass is 271 g/mol. The lowest BCUT2D eigenvalue weighted by molar-refractivity contribution is 0.420. The highest BCUT2D eigenvalue weighted by Crippen LogP contribution is 2.29. The van der Waals surface area contributed by atoms with Gasteiger partial charge >= 0.3 is 0 Å².